The van der Waals surface area contributed by atoms with Crippen molar-refractivity contribution < 1.29 is 33.3 Å². The van der Waals surface area contributed by atoms with Gasteiger partial charge in [0.05, 0.1) is 34.5 Å². The molecule has 0 radical (unpaired) electrons. The van der Waals surface area contributed by atoms with E-state index in [4.69, 9.17) is 4.74 Å². The van der Waals surface area contributed by atoms with Crippen LogP contribution in [0.15, 0.2) is 48.0 Å². The molecule has 218 valence electrons. The van der Waals surface area contributed by atoms with Crippen LogP contribution >= 0.6 is 0 Å². The van der Waals surface area contributed by atoms with Crippen molar-refractivity contribution in [3.63, 3.8) is 0 Å². The average Bonchev–Trinajstić information content (AvgIpc) is 3.12. The molecule has 0 fully saturated rings. The topological polar surface area (TPSA) is 136 Å². The summed E-state index contributed by atoms with van der Waals surface area (Å²) >= 11 is -1.79. The van der Waals surface area contributed by atoms with Gasteiger partial charge < -0.3 is 14.2 Å². The Labute approximate surface area is 242 Å². The largest absolute Gasteiger partial charge is 0.605 e. The Morgan fingerprint density at radius 1 is 1.02 bits per heavy atom. The second kappa shape index (κ2) is 12.1. The van der Waals surface area contributed by atoms with E-state index in [1.54, 1.807) is 32.9 Å². The lowest BCUT2D eigenvalue weighted by Gasteiger charge is -2.31. The molecule has 11 heteroatoms. The zero-order valence-corrected chi connectivity index (χ0v) is 24.7. The zero-order chi connectivity index (χ0) is 30.1. The predicted octanol–water partition coefficient (Wildman–Crippen LogP) is 3.13. The summed E-state index contributed by atoms with van der Waals surface area (Å²) in [6, 6.07) is 8.93. The molecular formula is C30H35N3O7S. The van der Waals surface area contributed by atoms with Crippen molar-refractivity contribution in [3.8, 4) is 0 Å². The van der Waals surface area contributed by atoms with Crippen LogP contribution in [0.2, 0.25) is 0 Å². The number of esters is 1. The van der Waals surface area contributed by atoms with Crippen molar-refractivity contribution in [1.82, 2.24) is 15.1 Å². The maximum absolute atomic E-state index is 13.4. The quantitative estimate of drug-likeness (QED) is 0.271. The molecule has 2 aromatic rings. The van der Waals surface area contributed by atoms with Crippen molar-refractivity contribution >= 4 is 50.8 Å². The molecule has 3 atom stereocenters. The molecule has 1 N–H and O–H groups in total. The van der Waals surface area contributed by atoms with Crippen molar-refractivity contribution in [2.24, 2.45) is 5.92 Å². The molecule has 2 aliphatic rings. The van der Waals surface area contributed by atoms with Crippen LogP contribution in [0.5, 0.6) is 0 Å². The van der Waals surface area contributed by atoms with E-state index in [1.165, 1.54) is 11.1 Å². The van der Waals surface area contributed by atoms with Gasteiger partial charge in [0.15, 0.2) is 0 Å². The Morgan fingerprint density at radius 3 is 2.12 bits per heavy atom. The highest BCUT2D eigenvalue weighted by atomic mass is 32.2. The fourth-order valence-electron chi connectivity index (χ4n) is 4.85. The van der Waals surface area contributed by atoms with Crippen LogP contribution < -0.4 is 5.32 Å². The maximum Gasteiger partial charge on any atom is 0.353 e. The van der Waals surface area contributed by atoms with Gasteiger partial charge in [-0.2, -0.15) is 0 Å². The summed E-state index contributed by atoms with van der Waals surface area (Å²) in [6.07, 6.45) is 1.65. The van der Waals surface area contributed by atoms with Gasteiger partial charge in [-0.1, -0.05) is 38.1 Å². The number of benzene rings is 2. The summed E-state index contributed by atoms with van der Waals surface area (Å²) in [5.41, 5.74) is -0.208. The van der Waals surface area contributed by atoms with Crippen LogP contribution in [-0.4, -0.2) is 73.9 Å². The third kappa shape index (κ3) is 7.03. The molecule has 0 saturated carbocycles. The summed E-state index contributed by atoms with van der Waals surface area (Å²) in [5.74, 6) is -1.94. The molecule has 0 bridgehead atoms. The van der Waals surface area contributed by atoms with Crippen LogP contribution in [0, 0.1) is 5.92 Å². The van der Waals surface area contributed by atoms with E-state index in [0.29, 0.717) is 17.5 Å². The van der Waals surface area contributed by atoms with Crippen LogP contribution in [0.25, 0.3) is 10.8 Å². The number of amides is 3. The average molecular weight is 582 g/mol. The van der Waals surface area contributed by atoms with Crippen LogP contribution in [0.1, 0.15) is 68.2 Å². The second-order valence-corrected chi connectivity index (χ2v) is 13.0. The Balaban J connectivity index is 1.56. The molecule has 2 aliphatic heterocycles. The Morgan fingerprint density at radius 2 is 1.61 bits per heavy atom. The fraction of sp³-hybridized carbons (Fsp3) is 0.433. The van der Waals surface area contributed by atoms with Crippen molar-refractivity contribution in [2.75, 3.05) is 13.1 Å². The van der Waals surface area contributed by atoms with Gasteiger partial charge in [-0.15, -0.1) is 0 Å². The minimum atomic E-state index is -1.79. The number of hydrogen-bond donors (Lipinski definition) is 1. The van der Waals surface area contributed by atoms with Crippen LogP contribution in [0.4, 0.5) is 0 Å². The smallest absolute Gasteiger partial charge is 0.353 e. The number of imide groups is 1. The fourth-order valence-corrected chi connectivity index (χ4v) is 5.52. The molecule has 2 aromatic carbocycles. The molecule has 0 aliphatic carbocycles. The lowest BCUT2D eigenvalue weighted by atomic mass is 10.0. The first-order chi connectivity index (χ1) is 19.2. The second-order valence-electron chi connectivity index (χ2n) is 11.7. The van der Waals surface area contributed by atoms with E-state index < -0.39 is 57.7 Å². The van der Waals surface area contributed by atoms with Crippen molar-refractivity contribution in [3.05, 3.63) is 59.1 Å². The van der Waals surface area contributed by atoms with Gasteiger partial charge in [0, 0.05) is 6.54 Å². The predicted molar refractivity (Wildman–Crippen MR) is 154 cm³/mol. The van der Waals surface area contributed by atoms with Gasteiger partial charge in [-0.25, -0.2) is 4.79 Å². The zero-order valence-electron chi connectivity index (χ0n) is 23.8. The number of nitrogens with zero attached hydrogens (tertiary/aromatic N) is 2. The minimum absolute atomic E-state index is 0.000559. The van der Waals surface area contributed by atoms with Gasteiger partial charge in [-0.05, 0) is 62.4 Å². The molecule has 1 unspecified atom stereocenters. The summed E-state index contributed by atoms with van der Waals surface area (Å²) in [6.45, 7) is 8.58. The highest BCUT2D eigenvalue weighted by molar-refractivity contribution is 8.08. The number of carbonyl (C=O) groups is 5. The number of carbonyl (C=O) groups excluding carboxylic acids is 5. The molecular weight excluding hydrogens is 546 g/mol. The molecule has 3 amide bonds. The lowest BCUT2D eigenvalue weighted by molar-refractivity contribution is -0.158. The Bertz CT molecular complexity index is 1360. The summed E-state index contributed by atoms with van der Waals surface area (Å²) in [4.78, 5) is 67.6. The Hall–Kier alpha value is -3.54. The SMILES string of the molecule is CC(C)C[C@H](N[C@H](CCN1C(=O)c2cc3ccccc3cc2C1=O)C(=O)OC(C)(C)C)C(=O)N1C=C[S+]([O-])C(=O)C1. The summed E-state index contributed by atoms with van der Waals surface area (Å²) in [5, 5.41) is 5.34. The number of rotatable bonds is 9. The van der Waals surface area contributed by atoms with Crippen LogP contribution in [-0.2, 0) is 30.3 Å². The van der Waals surface area contributed by atoms with Gasteiger partial charge in [-0.3, -0.25) is 29.4 Å². The highest BCUT2D eigenvalue weighted by Gasteiger charge is 2.39. The molecule has 0 saturated heterocycles. The molecule has 0 spiro atoms. The van der Waals surface area contributed by atoms with E-state index in [-0.39, 0.29) is 25.4 Å². The minimum Gasteiger partial charge on any atom is -0.605 e. The van der Waals surface area contributed by atoms with Gasteiger partial charge in [0.2, 0.25) is 5.91 Å². The lowest BCUT2D eigenvalue weighted by Crippen LogP contribution is -2.54. The molecule has 0 aromatic heterocycles. The first-order valence-corrected chi connectivity index (χ1v) is 14.8. The third-order valence-corrected chi connectivity index (χ3v) is 7.70. The van der Waals surface area contributed by atoms with E-state index in [1.807, 2.05) is 38.1 Å². The number of fused-ring (bicyclic) bond motifs is 2. The number of hydrogen-bond acceptors (Lipinski definition) is 8. The third-order valence-electron chi connectivity index (χ3n) is 6.75. The number of ether oxygens (including phenoxy) is 1. The standard InChI is InChI=1S/C30H35N3O7S/c1-18(2)14-24(28(37)32-12-13-41(39)25(34)17-32)31-23(29(38)40-30(3,4)5)10-11-33-26(35)21-15-19-8-6-7-9-20(19)16-22(21)27(33)36/h6-9,12-13,15-16,18,23-24,31H,10-11,14,17H2,1-5H3/t23-,24+,41?/m1/s1. The van der Waals surface area contributed by atoms with Gasteiger partial charge in [0.1, 0.15) is 23.6 Å². The van der Waals surface area contributed by atoms with E-state index in [9.17, 15) is 28.5 Å². The molecule has 4 rings (SSSR count). The molecule has 10 nitrogen and oxygen atoms in total. The first-order valence-electron chi connectivity index (χ1n) is 13.5. The summed E-state index contributed by atoms with van der Waals surface area (Å²) < 4.78 is 17.3. The Kier molecular flexibility index (Phi) is 9.00. The number of nitrogens with one attached hydrogen (secondary N) is 1. The van der Waals surface area contributed by atoms with Crippen LogP contribution in [0.3, 0.4) is 0 Å². The van der Waals surface area contributed by atoms with E-state index in [0.717, 1.165) is 21.1 Å². The first kappa shape index (κ1) is 30.4. The van der Waals surface area contributed by atoms with Crippen molar-refractivity contribution in [1.29, 1.82) is 0 Å². The van der Waals surface area contributed by atoms with Gasteiger partial charge in [0.25, 0.3) is 11.8 Å². The normalized spacial score (nSPS) is 18.7. The van der Waals surface area contributed by atoms with Gasteiger partial charge >= 0.3 is 11.1 Å². The van der Waals surface area contributed by atoms with Crippen molar-refractivity contribution in [2.45, 2.75) is 65.1 Å². The molecule has 41 heavy (non-hydrogen) atoms. The van der Waals surface area contributed by atoms with E-state index in [2.05, 4.69) is 5.32 Å². The summed E-state index contributed by atoms with van der Waals surface area (Å²) in [7, 11) is 0. The maximum atomic E-state index is 13.4. The highest BCUT2D eigenvalue weighted by Crippen LogP contribution is 2.28. The van der Waals surface area contributed by atoms with E-state index >= 15 is 0 Å². The monoisotopic (exact) mass is 581 g/mol. The molecule has 2 heterocycles.